The maximum Gasteiger partial charge on any atom is 0.307 e. The van der Waals surface area contributed by atoms with Gasteiger partial charge in [-0.05, 0) is 36.6 Å². The van der Waals surface area contributed by atoms with Crippen molar-refractivity contribution in [1.29, 1.82) is 5.26 Å². The highest BCUT2D eigenvalue weighted by atomic mass is 16.5. The highest BCUT2D eigenvalue weighted by molar-refractivity contribution is 5.95. The molecule has 1 N–H and O–H groups in total. The summed E-state index contributed by atoms with van der Waals surface area (Å²) in [5, 5.41) is 11.5. The number of hydrogen-bond acceptors (Lipinski definition) is 4. The lowest BCUT2D eigenvalue weighted by Gasteiger charge is -2.16. The normalized spacial score (nSPS) is 12.5. The van der Waals surface area contributed by atoms with E-state index in [1.807, 2.05) is 43.3 Å². The lowest BCUT2D eigenvalue weighted by atomic mass is 9.98. The second-order valence-corrected chi connectivity index (χ2v) is 5.83. The van der Waals surface area contributed by atoms with Gasteiger partial charge in [0.15, 0.2) is 6.10 Å². The van der Waals surface area contributed by atoms with Crippen molar-refractivity contribution in [3.63, 3.8) is 0 Å². The third-order valence-electron chi connectivity index (χ3n) is 3.78. The number of ether oxygens (including phenoxy) is 1. The van der Waals surface area contributed by atoms with E-state index in [1.165, 1.54) is 6.92 Å². The van der Waals surface area contributed by atoms with Gasteiger partial charge in [0.2, 0.25) is 0 Å². The van der Waals surface area contributed by atoms with Gasteiger partial charge in [0.25, 0.3) is 5.91 Å². The van der Waals surface area contributed by atoms with Crippen LogP contribution in [0.15, 0.2) is 54.6 Å². The van der Waals surface area contributed by atoms with Crippen molar-refractivity contribution in [3.8, 4) is 6.07 Å². The Morgan fingerprint density at radius 1 is 1.12 bits per heavy atom. The first-order chi connectivity index (χ1) is 12.0. The van der Waals surface area contributed by atoms with E-state index in [0.717, 1.165) is 5.56 Å². The molecule has 1 amide bonds. The number of nitrogens with zero attached hydrogens (tertiary/aromatic N) is 1. The van der Waals surface area contributed by atoms with Crippen LogP contribution in [0.3, 0.4) is 0 Å². The van der Waals surface area contributed by atoms with Gasteiger partial charge in [-0.25, -0.2) is 0 Å². The Morgan fingerprint density at radius 3 is 2.52 bits per heavy atom. The van der Waals surface area contributed by atoms with Crippen molar-refractivity contribution in [2.75, 3.05) is 5.32 Å². The first kappa shape index (κ1) is 18.2. The van der Waals surface area contributed by atoms with E-state index in [4.69, 9.17) is 10.00 Å². The summed E-state index contributed by atoms with van der Waals surface area (Å²) in [7, 11) is 0. The standard InChI is InChI=1S/C20H20N2O3/c1-14(17-8-4-3-5-9-17)11-19(23)25-15(2)20(24)22-18-10-6-7-16(12-18)13-21/h3-10,12,14-15H,11H2,1-2H3,(H,22,24)/t14-,15-/m1/s1. The zero-order valence-corrected chi connectivity index (χ0v) is 14.2. The van der Waals surface area contributed by atoms with E-state index in [1.54, 1.807) is 24.3 Å². The topological polar surface area (TPSA) is 79.2 Å². The molecule has 5 nitrogen and oxygen atoms in total. The maximum absolute atomic E-state index is 12.1. The average Bonchev–Trinajstić information content (AvgIpc) is 2.62. The van der Waals surface area contributed by atoms with Crippen LogP contribution >= 0.6 is 0 Å². The third kappa shape index (κ3) is 5.47. The lowest BCUT2D eigenvalue weighted by molar-refractivity contribution is -0.153. The molecular weight excluding hydrogens is 316 g/mol. The Labute approximate surface area is 147 Å². The van der Waals surface area contributed by atoms with Gasteiger partial charge in [-0.15, -0.1) is 0 Å². The SMILES string of the molecule is C[C@H](CC(=O)O[C@H](C)C(=O)Nc1cccc(C#N)c1)c1ccccc1. The van der Waals surface area contributed by atoms with E-state index < -0.39 is 18.0 Å². The first-order valence-corrected chi connectivity index (χ1v) is 8.05. The molecule has 0 aliphatic carbocycles. The molecule has 0 aromatic heterocycles. The van der Waals surface area contributed by atoms with E-state index in [-0.39, 0.29) is 12.3 Å². The van der Waals surface area contributed by atoms with Crippen LogP contribution in [-0.2, 0) is 14.3 Å². The number of esters is 1. The second kappa shape index (κ2) is 8.65. The van der Waals surface area contributed by atoms with Gasteiger partial charge in [0.1, 0.15) is 0 Å². The summed E-state index contributed by atoms with van der Waals surface area (Å²) in [4.78, 5) is 24.2. The number of nitriles is 1. The number of hydrogen-bond donors (Lipinski definition) is 1. The Morgan fingerprint density at radius 2 is 1.84 bits per heavy atom. The van der Waals surface area contributed by atoms with Crippen molar-refractivity contribution in [3.05, 3.63) is 65.7 Å². The molecule has 0 saturated heterocycles. The summed E-state index contributed by atoms with van der Waals surface area (Å²) in [5.74, 6) is -0.850. The molecule has 0 aliphatic heterocycles. The van der Waals surface area contributed by atoms with Crippen LogP contribution in [0.2, 0.25) is 0 Å². The quantitative estimate of drug-likeness (QED) is 0.817. The minimum Gasteiger partial charge on any atom is -0.453 e. The van der Waals surface area contributed by atoms with Gasteiger partial charge >= 0.3 is 5.97 Å². The van der Waals surface area contributed by atoms with Crippen LogP contribution < -0.4 is 5.32 Å². The number of carbonyl (C=O) groups excluding carboxylic acids is 2. The fourth-order valence-electron chi connectivity index (χ4n) is 2.36. The maximum atomic E-state index is 12.1. The van der Waals surface area contributed by atoms with E-state index in [2.05, 4.69) is 5.32 Å². The zero-order chi connectivity index (χ0) is 18.2. The van der Waals surface area contributed by atoms with Crippen LogP contribution in [0.1, 0.15) is 37.3 Å². The average molecular weight is 336 g/mol. The summed E-state index contributed by atoms with van der Waals surface area (Å²) in [6.45, 7) is 3.46. The van der Waals surface area contributed by atoms with E-state index in [9.17, 15) is 9.59 Å². The first-order valence-electron chi connectivity index (χ1n) is 8.05. The molecule has 0 bridgehead atoms. The van der Waals surface area contributed by atoms with Crippen LogP contribution in [0, 0.1) is 11.3 Å². The molecule has 25 heavy (non-hydrogen) atoms. The molecule has 2 atom stereocenters. The molecule has 2 rings (SSSR count). The fraction of sp³-hybridized carbons (Fsp3) is 0.250. The Bertz CT molecular complexity index is 781. The highest BCUT2D eigenvalue weighted by Gasteiger charge is 2.20. The Kier molecular flexibility index (Phi) is 6.30. The zero-order valence-electron chi connectivity index (χ0n) is 14.2. The summed E-state index contributed by atoms with van der Waals surface area (Å²) >= 11 is 0. The summed E-state index contributed by atoms with van der Waals surface area (Å²) < 4.78 is 5.22. The van der Waals surface area contributed by atoms with Crippen molar-refractivity contribution in [2.45, 2.75) is 32.3 Å². The summed E-state index contributed by atoms with van der Waals surface area (Å²) in [5.41, 5.74) is 1.98. The van der Waals surface area contributed by atoms with Crippen molar-refractivity contribution in [2.24, 2.45) is 0 Å². The molecule has 0 radical (unpaired) electrons. The third-order valence-corrected chi connectivity index (χ3v) is 3.78. The summed E-state index contributed by atoms with van der Waals surface area (Å²) in [6.07, 6.45) is -0.716. The molecule has 0 saturated carbocycles. The number of anilines is 1. The van der Waals surface area contributed by atoms with Crippen molar-refractivity contribution in [1.82, 2.24) is 0 Å². The largest absolute Gasteiger partial charge is 0.453 e. The second-order valence-electron chi connectivity index (χ2n) is 5.83. The molecule has 5 heteroatoms. The van der Waals surface area contributed by atoms with Crippen molar-refractivity contribution < 1.29 is 14.3 Å². The fourth-order valence-corrected chi connectivity index (χ4v) is 2.36. The lowest BCUT2D eigenvalue weighted by Crippen LogP contribution is -2.30. The molecule has 0 aliphatic rings. The molecule has 0 heterocycles. The Hall–Kier alpha value is -3.13. The van der Waals surface area contributed by atoms with E-state index in [0.29, 0.717) is 11.3 Å². The monoisotopic (exact) mass is 336 g/mol. The number of amides is 1. The van der Waals surface area contributed by atoms with Crippen LogP contribution in [-0.4, -0.2) is 18.0 Å². The number of benzene rings is 2. The van der Waals surface area contributed by atoms with Gasteiger partial charge in [-0.2, -0.15) is 5.26 Å². The molecule has 2 aromatic carbocycles. The van der Waals surface area contributed by atoms with Crippen molar-refractivity contribution >= 4 is 17.6 Å². The number of nitrogens with one attached hydrogen (secondary N) is 1. The van der Waals surface area contributed by atoms with Gasteiger partial charge in [-0.1, -0.05) is 43.3 Å². The minimum absolute atomic E-state index is 0.0104. The number of rotatable bonds is 6. The van der Waals surface area contributed by atoms with Gasteiger partial charge in [0.05, 0.1) is 18.1 Å². The number of carbonyl (C=O) groups is 2. The molecule has 128 valence electrons. The van der Waals surface area contributed by atoms with Crippen LogP contribution in [0.4, 0.5) is 5.69 Å². The smallest absolute Gasteiger partial charge is 0.307 e. The van der Waals surface area contributed by atoms with Gasteiger partial charge < -0.3 is 10.1 Å². The van der Waals surface area contributed by atoms with Crippen LogP contribution in [0.5, 0.6) is 0 Å². The Balaban J connectivity index is 1.87. The predicted molar refractivity (Wildman–Crippen MR) is 94.8 cm³/mol. The van der Waals surface area contributed by atoms with Crippen LogP contribution in [0.25, 0.3) is 0 Å². The molecule has 0 fully saturated rings. The molecular formula is C20H20N2O3. The molecule has 0 unspecified atom stereocenters. The minimum atomic E-state index is -0.916. The van der Waals surface area contributed by atoms with Gasteiger partial charge in [-0.3, -0.25) is 9.59 Å². The molecule has 0 spiro atoms. The summed E-state index contributed by atoms with van der Waals surface area (Å²) in [6, 6.07) is 18.2. The van der Waals surface area contributed by atoms with Gasteiger partial charge in [0, 0.05) is 5.69 Å². The predicted octanol–water partition coefficient (Wildman–Crippen LogP) is 3.62. The highest BCUT2D eigenvalue weighted by Crippen LogP contribution is 2.19. The van der Waals surface area contributed by atoms with E-state index >= 15 is 0 Å². The molecule has 2 aromatic rings.